The molecule has 0 aliphatic heterocycles. The van der Waals surface area contributed by atoms with E-state index in [4.69, 9.17) is 5.73 Å². The van der Waals surface area contributed by atoms with E-state index in [1.165, 1.54) is 12.1 Å². The third-order valence-electron chi connectivity index (χ3n) is 2.26. The molecule has 0 amide bonds. The maximum atomic E-state index is 13.6. The molecular formula is C12H15F2N. The minimum atomic E-state index is -0.664. The van der Waals surface area contributed by atoms with Gasteiger partial charge < -0.3 is 5.73 Å². The van der Waals surface area contributed by atoms with Crippen LogP contribution in [-0.4, -0.2) is 0 Å². The van der Waals surface area contributed by atoms with E-state index in [0.717, 1.165) is 5.57 Å². The Morgan fingerprint density at radius 1 is 1.47 bits per heavy atom. The standard InChI is InChI=1S/C12H15F2N/c1-7(2)6-10(15)11-9(13)5-4-8(3)12(11)14/h4-5,10H,1,6,15H2,2-3H3/t10-/m1/s1. The van der Waals surface area contributed by atoms with Crippen molar-refractivity contribution < 1.29 is 8.78 Å². The van der Waals surface area contributed by atoms with Crippen LogP contribution in [0.1, 0.15) is 30.5 Å². The molecule has 3 heteroatoms. The van der Waals surface area contributed by atoms with Crippen molar-refractivity contribution in [2.24, 2.45) is 5.73 Å². The number of nitrogens with two attached hydrogens (primary N) is 1. The Morgan fingerprint density at radius 3 is 2.60 bits per heavy atom. The van der Waals surface area contributed by atoms with Gasteiger partial charge >= 0.3 is 0 Å². The fourth-order valence-electron chi connectivity index (χ4n) is 1.50. The highest BCUT2D eigenvalue weighted by molar-refractivity contribution is 5.29. The summed E-state index contributed by atoms with van der Waals surface area (Å²) in [5.41, 5.74) is 6.90. The molecule has 82 valence electrons. The van der Waals surface area contributed by atoms with E-state index in [2.05, 4.69) is 6.58 Å². The van der Waals surface area contributed by atoms with E-state index in [1.54, 1.807) is 13.8 Å². The number of rotatable bonds is 3. The summed E-state index contributed by atoms with van der Waals surface area (Å²) in [6.07, 6.45) is 0.386. The highest BCUT2D eigenvalue weighted by Crippen LogP contribution is 2.25. The molecule has 0 aromatic heterocycles. The lowest BCUT2D eigenvalue weighted by molar-refractivity contribution is 0.519. The maximum absolute atomic E-state index is 13.6. The molecule has 1 aromatic rings. The van der Waals surface area contributed by atoms with Crippen LogP contribution < -0.4 is 5.73 Å². The average Bonchev–Trinajstić information content (AvgIpc) is 2.11. The Labute approximate surface area is 88.6 Å². The quantitative estimate of drug-likeness (QED) is 0.763. The van der Waals surface area contributed by atoms with Crippen molar-refractivity contribution in [2.45, 2.75) is 26.3 Å². The third-order valence-corrected chi connectivity index (χ3v) is 2.26. The van der Waals surface area contributed by atoms with Gasteiger partial charge in [-0.3, -0.25) is 0 Å². The summed E-state index contributed by atoms with van der Waals surface area (Å²) < 4.78 is 27.0. The fraction of sp³-hybridized carbons (Fsp3) is 0.333. The van der Waals surface area contributed by atoms with Crippen LogP contribution in [0.15, 0.2) is 24.3 Å². The minimum absolute atomic E-state index is 0.0435. The van der Waals surface area contributed by atoms with Crippen molar-refractivity contribution in [3.8, 4) is 0 Å². The largest absolute Gasteiger partial charge is 0.324 e. The average molecular weight is 211 g/mol. The monoisotopic (exact) mass is 211 g/mol. The van der Waals surface area contributed by atoms with E-state index < -0.39 is 17.7 Å². The number of halogens is 2. The molecule has 0 heterocycles. The van der Waals surface area contributed by atoms with Crippen LogP contribution in [-0.2, 0) is 0 Å². The van der Waals surface area contributed by atoms with Gasteiger partial charge in [0.1, 0.15) is 11.6 Å². The third kappa shape index (κ3) is 2.63. The van der Waals surface area contributed by atoms with Crippen molar-refractivity contribution in [1.29, 1.82) is 0 Å². The molecule has 0 unspecified atom stereocenters. The normalized spacial score (nSPS) is 12.6. The first-order valence-corrected chi connectivity index (χ1v) is 4.78. The van der Waals surface area contributed by atoms with E-state index >= 15 is 0 Å². The van der Waals surface area contributed by atoms with Crippen molar-refractivity contribution in [1.82, 2.24) is 0 Å². The van der Waals surface area contributed by atoms with Crippen LogP contribution in [0.3, 0.4) is 0 Å². The first-order chi connectivity index (χ1) is 6.93. The van der Waals surface area contributed by atoms with Gasteiger partial charge in [0.25, 0.3) is 0 Å². The second-order valence-electron chi connectivity index (χ2n) is 3.86. The molecule has 0 radical (unpaired) electrons. The molecule has 0 saturated carbocycles. The fourth-order valence-corrected chi connectivity index (χ4v) is 1.50. The van der Waals surface area contributed by atoms with E-state index in [9.17, 15) is 8.78 Å². The van der Waals surface area contributed by atoms with Crippen molar-refractivity contribution in [3.05, 3.63) is 47.0 Å². The van der Waals surface area contributed by atoms with Crippen LogP contribution >= 0.6 is 0 Å². The summed E-state index contributed by atoms with van der Waals surface area (Å²) in [7, 11) is 0. The van der Waals surface area contributed by atoms with Crippen LogP contribution in [0.5, 0.6) is 0 Å². The van der Waals surface area contributed by atoms with Gasteiger partial charge in [-0.1, -0.05) is 11.6 Å². The number of hydrogen-bond acceptors (Lipinski definition) is 1. The van der Waals surface area contributed by atoms with Crippen LogP contribution in [0.25, 0.3) is 0 Å². The van der Waals surface area contributed by atoms with Gasteiger partial charge in [-0.05, 0) is 31.9 Å². The number of hydrogen-bond donors (Lipinski definition) is 1. The SMILES string of the molecule is C=C(C)C[C@@H](N)c1c(F)ccc(C)c1F. The summed E-state index contributed by atoms with van der Waals surface area (Å²) in [5, 5.41) is 0. The van der Waals surface area contributed by atoms with E-state index in [1.807, 2.05) is 0 Å². The molecule has 2 N–H and O–H groups in total. The molecule has 15 heavy (non-hydrogen) atoms. The lowest BCUT2D eigenvalue weighted by Gasteiger charge is -2.14. The predicted molar refractivity (Wildman–Crippen MR) is 57.5 cm³/mol. The van der Waals surface area contributed by atoms with Gasteiger partial charge in [0, 0.05) is 11.6 Å². The smallest absolute Gasteiger partial charge is 0.133 e. The first-order valence-electron chi connectivity index (χ1n) is 4.78. The number of aryl methyl sites for hydroxylation is 1. The molecule has 0 fully saturated rings. The Morgan fingerprint density at radius 2 is 2.07 bits per heavy atom. The van der Waals surface area contributed by atoms with Crippen LogP contribution in [0, 0.1) is 18.6 Å². The predicted octanol–water partition coefficient (Wildman–Crippen LogP) is 3.24. The zero-order valence-electron chi connectivity index (χ0n) is 8.98. The van der Waals surface area contributed by atoms with E-state index in [0.29, 0.717) is 12.0 Å². The Bertz CT molecular complexity index is 385. The minimum Gasteiger partial charge on any atom is -0.324 e. The van der Waals surface area contributed by atoms with Gasteiger partial charge in [-0.2, -0.15) is 0 Å². The summed E-state index contributed by atoms with van der Waals surface area (Å²) >= 11 is 0. The van der Waals surface area contributed by atoms with Crippen molar-refractivity contribution >= 4 is 0 Å². The molecule has 0 bridgehead atoms. The number of benzene rings is 1. The summed E-state index contributed by atoms with van der Waals surface area (Å²) in [6.45, 7) is 7.05. The van der Waals surface area contributed by atoms with Gasteiger partial charge in [-0.15, -0.1) is 6.58 Å². The van der Waals surface area contributed by atoms with Crippen LogP contribution in [0.4, 0.5) is 8.78 Å². The summed E-state index contributed by atoms with van der Waals surface area (Å²) in [5.74, 6) is -1.14. The molecule has 0 spiro atoms. The lowest BCUT2D eigenvalue weighted by Crippen LogP contribution is -2.15. The van der Waals surface area contributed by atoms with Crippen molar-refractivity contribution in [2.75, 3.05) is 0 Å². The zero-order valence-corrected chi connectivity index (χ0v) is 8.98. The van der Waals surface area contributed by atoms with Gasteiger partial charge in [-0.25, -0.2) is 8.78 Å². The maximum Gasteiger partial charge on any atom is 0.133 e. The van der Waals surface area contributed by atoms with Gasteiger partial charge in [0.2, 0.25) is 0 Å². The molecular weight excluding hydrogens is 196 g/mol. The molecule has 0 saturated heterocycles. The Hall–Kier alpha value is -1.22. The lowest BCUT2D eigenvalue weighted by atomic mass is 9.98. The molecule has 0 aliphatic carbocycles. The van der Waals surface area contributed by atoms with Gasteiger partial charge in [0.05, 0.1) is 0 Å². The summed E-state index contributed by atoms with van der Waals surface area (Å²) in [6, 6.07) is 1.98. The van der Waals surface area contributed by atoms with Crippen LogP contribution in [0.2, 0.25) is 0 Å². The van der Waals surface area contributed by atoms with Gasteiger partial charge in [0.15, 0.2) is 0 Å². The molecule has 1 atom stereocenters. The molecule has 1 nitrogen and oxygen atoms in total. The Kier molecular flexibility index (Phi) is 3.58. The first kappa shape index (κ1) is 11.9. The molecule has 1 aromatic carbocycles. The Balaban J connectivity index is 3.12. The second kappa shape index (κ2) is 4.53. The second-order valence-corrected chi connectivity index (χ2v) is 3.86. The highest BCUT2D eigenvalue weighted by Gasteiger charge is 2.18. The van der Waals surface area contributed by atoms with Crippen molar-refractivity contribution in [3.63, 3.8) is 0 Å². The molecule has 1 rings (SSSR count). The van der Waals surface area contributed by atoms with E-state index in [-0.39, 0.29) is 5.56 Å². The topological polar surface area (TPSA) is 26.0 Å². The molecule has 0 aliphatic rings. The summed E-state index contributed by atoms with van der Waals surface area (Å²) in [4.78, 5) is 0. The zero-order chi connectivity index (χ0) is 11.6. The highest BCUT2D eigenvalue weighted by atomic mass is 19.1.